The van der Waals surface area contributed by atoms with Gasteiger partial charge in [-0.05, 0) is 48.7 Å². The fourth-order valence-electron chi connectivity index (χ4n) is 4.16. The summed E-state index contributed by atoms with van der Waals surface area (Å²) in [6, 6.07) is 13.8. The van der Waals surface area contributed by atoms with Crippen LogP contribution in [0.4, 0.5) is 5.69 Å². The van der Waals surface area contributed by atoms with Gasteiger partial charge in [0.25, 0.3) is 0 Å². The molecular weight excluding hydrogens is 390 g/mol. The Morgan fingerprint density at radius 2 is 2.10 bits per heavy atom. The van der Waals surface area contributed by atoms with Crippen molar-refractivity contribution in [2.75, 3.05) is 19.0 Å². The fourth-order valence-corrected chi connectivity index (χ4v) is 4.16. The predicted octanol–water partition coefficient (Wildman–Crippen LogP) is 4.08. The van der Waals surface area contributed by atoms with Crippen LogP contribution in [0.1, 0.15) is 18.5 Å². The second kappa shape index (κ2) is 8.28. The number of aromatic nitrogens is 4. The van der Waals surface area contributed by atoms with Gasteiger partial charge in [0.1, 0.15) is 5.69 Å². The van der Waals surface area contributed by atoms with Crippen molar-refractivity contribution in [1.82, 2.24) is 19.7 Å². The molecule has 7 heteroatoms. The van der Waals surface area contributed by atoms with Crippen molar-refractivity contribution in [2.45, 2.75) is 25.8 Å². The van der Waals surface area contributed by atoms with E-state index < -0.39 is 0 Å². The number of carbonyl (C=O) groups excluding carboxylic acids is 1. The normalized spacial score (nSPS) is 12.8. The van der Waals surface area contributed by atoms with E-state index in [9.17, 15) is 4.79 Å². The van der Waals surface area contributed by atoms with Crippen molar-refractivity contribution in [3.8, 4) is 22.5 Å². The van der Waals surface area contributed by atoms with Crippen LogP contribution in [0.2, 0.25) is 0 Å². The fraction of sp³-hybridized carbons (Fsp3) is 0.250. The third-order valence-electron chi connectivity index (χ3n) is 5.58. The third kappa shape index (κ3) is 3.68. The van der Waals surface area contributed by atoms with Gasteiger partial charge in [0.15, 0.2) is 0 Å². The molecule has 0 saturated heterocycles. The van der Waals surface area contributed by atoms with Crippen molar-refractivity contribution in [3.63, 3.8) is 0 Å². The summed E-state index contributed by atoms with van der Waals surface area (Å²) in [5.74, 6) is -0.0794. The van der Waals surface area contributed by atoms with Gasteiger partial charge >= 0.3 is 0 Å². The first-order valence-electron chi connectivity index (χ1n) is 10.4. The molecule has 1 amide bonds. The summed E-state index contributed by atoms with van der Waals surface area (Å²) in [5.41, 5.74) is 6.78. The molecule has 1 aliphatic rings. The number of anilines is 1. The Bertz CT molecular complexity index is 1250. The van der Waals surface area contributed by atoms with Gasteiger partial charge < -0.3 is 10.1 Å². The van der Waals surface area contributed by atoms with E-state index in [-0.39, 0.29) is 5.91 Å². The lowest BCUT2D eigenvalue weighted by molar-refractivity contribution is -0.117. The summed E-state index contributed by atoms with van der Waals surface area (Å²) in [4.78, 5) is 21.2. The molecule has 4 aromatic rings. The highest BCUT2D eigenvalue weighted by atomic mass is 16.5. The zero-order valence-corrected chi connectivity index (χ0v) is 17.3. The molecule has 4 heterocycles. The molecule has 7 nitrogen and oxygen atoms in total. The lowest BCUT2D eigenvalue weighted by atomic mass is 9.96. The third-order valence-corrected chi connectivity index (χ3v) is 5.58. The summed E-state index contributed by atoms with van der Waals surface area (Å²) in [6.07, 6.45) is 6.02. The molecule has 1 aliphatic heterocycles. The Morgan fingerprint density at radius 3 is 2.94 bits per heavy atom. The minimum atomic E-state index is -0.0794. The van der Waals surface area contributed by atoms with Crippen LogP contribution in [0.25, 0.3) is 33.4 Å². The largest absolute Gasteiger partial charge is 0.384 e. The number of amides is 1. The number of benzene rings is 1. The lowest BCUT2D eigenvalue weighted by Crippen LogP contribution is -2.13. The summed E-state index contributed by atoms with van der Waals surface area (Å²) in [5, 5.41) is 8.84. The quantitative estimate of drug-likeness (QED) is 0.515. The molecule has 1 aromatic carbocycles. The monoisotopic (exact) mass is 413 g/mol. The Labute approximate surface area is 180 Å². The first-order chi connectivity index (χ1) is 15.2. The van der Waals surface area contributed by atoms with Gasteiger partial charge in [0, 0.05) is 48.4 Å². The highest BCUT2D eigenvalue weighted by Crippen LogP contribution is 2.39. The second-order valence-corrected chi connectivity index (χ2v) is 7.59. The van der Waals surface area contributed by atoms with Gasteiger partial charge in [-0.3, -0.25) is 19.4 Å². The zero-order chi connectivity index (χ0) is 21.2. The Hall–Kier alpha value is -3.58. The number of nitrogens with one attached hydrogen (secondary N) is 1. The summed E-state index contributed by atoms with van der Waals surface area (Å²) < 4.78 is 7.08. The maximum absolute atomic E-state index is 12.1. The number of hydrogen-bond acceptors (Lipinski definition) is 5. The SMILES string of the molecule is COCCC(=O)Nc1ccc2c(-c3c(-c4ccccn4)nn4c3CCC4)ccnc2c1. The van der Waals surface area contributed by atoms with E-state index >= 15 is 0 Å². The number of carbonyl (C=O) groups is 1. The van der Waals surface area contributed by atoms with Crippen molar-refractivity contribution < 1.29 is 9.53 Å². The average Bonchev–Trinajstić information content (AvgIpc) is 3.39. The van der Waals surface area contributed by atoms with Crippen LogP contribution in [0, 0.1) is 0 Å². The van der Waals surface area contributed by atoms with Crippen LogP contribution in [0.3, 0.4) is 0 Å². The number of methoxy groups -OCH3 is 1. The van der Waals surface area contributed by atoms with Gasteiger partial charge in [-0.25, -0.2) is 0 Å². The van der Waals surface area contributed by atoms with E-state index in [0.717, 1.165) is 58.5 Å². The van der Waals surface area contributed by atoms with E-state index in [0.29, 0.717) is 13.0 Å². The molecular formula is C24H23N5O2. The number of nitrogens with zero attached hydrogens (tertiary/aromatic N) is 4. The van der Waals surface area contributed by atoms with Gasteiger partial charge in [0.2, 0.25) is 5.91 Å². The van der Waals surface area contributed by atoms with Crippen molar-refractivity contribution in [3.05, 3.63) is 60.6 Å². The number of pyridine rings is 2. The van der Waals surface area contributed by atoms with Crippen molar-refractivity contribution in [1.29, 1.82) is 0 Å². The standard InChI is InChI=1S/C24H23N5O2/c1-31-14-10-22(30)27-16-7-8-17-18(9-12-26-20(17)15-16)23-21-6-4-13-29(21)28-24(23)19-5-2-3-11-25-19/h2-3,5,7-9,11-12,15H,4,6,10,13-14H2,1H3,(H,27,30). The van der Waals surface area contributed by atoms with Gasteiger partial charge in [-0.15, -0.1) is 0 Å². The van der Waals surface area contributed by atoms with E-state index in [1.54, 1.807) is 13.3 Å². The van der Waals surface area contributed by atoms with Crippen LogP contribution in [-0.4, -0.2) is 39.4 Å². The second-order valence-electron chi connectivity index (χ2n) is 7.59. The van der Waals surface area contributed by atoms with Crippen LogP contribution in [-0.2, 0) is 22.5 Å². The Morgan fingerprint density at radius 1 is 1.16 bits per heavy atom. The highest BCUT2D eigenvalue weighted by molar-refractivity contribution is 6.01. The van der Waals surface area contributed by atoms with E-state index in [1.165, 1.54) is 5.69 Å². The maximum Gasteiger partial charge on any atom is 0.226 e. The number of aryl methyl sites for hydroxylation is 1. The molecule has 0 saturated carbocycles. The van der Waals surface area contributed by atoms with Gasteiger partial charge in [-0.2, -0.15) is 5.10 Å². The minimum absolute atomic E-state index is 0.0794. The molecule has 0 bridgehead atoms. The first-order valence-corrected chi connectivity index (χ1v) is 10.4. The Balaban J connectivity index is 1.59. The molecule has 0 atom stereocenters. The van der Waals surface area contributed by atoms with E-state index in [2.05, 4.69) is 20.0 Å². The first kappa shape index (κ1) is 19.4. The minimum Gasteiger partial charge on any atom is -0.384 e. The number of rotatable bonds is 6. The van der Waals surface area contributed by atoms with E-state index in [1.807, 2.05) is 48.7 Å². The topological polar surface area (TPSA) is 81.9 Å². The van der Waals surface area contributed by atoms with E-state index in [4.69, 9.17) is 9.84 Å². The molecule has 0 spiro atoms. The number of hydrogen-bond donors (Lipinski definition) is 1. The average molecular weight is 413 g/mol. The van der Waals surface area contributed by atoms with Gasteiger partial charge in [0.05, 0.1) is 24.2 Å². The molecule has 3 aromatic heterocycles. The molecule has 0 unspecified atom stereocenters. The molecule has 0 radical (unpaired) electrons. The smallest absolute Gasteiger partial charge is 0.226 e. The molecule has 31 heavy (non-hydrogen) atoms. The molecule has 156 valence electrons. The van der Waals surface area contributed by atoms with Crippen molar-refractivity contribution in [2.24, 2.45) is 0 Å². The number of fused-ring (bicyclic) bond motifs is 2. The van der Waals surface area contributed by atoms with Crippen LogP contribution in [0.5, 0.6) is 0 Å². The summed E-state index contributed by atoms with van der Waals surface area (Å²) in [7, 11) is 1.58. The lowest BCUT2D eigenvalue weighted by Gasteiger charge is -2.11. The van der Waals surface area contributed by atoms with Gasteiger partial charge in [-0.1, -0.05) is 12.1 Å². The maximum atomic E-state index is 12.1. The molecule has 0 fully saturated rings. The highest BCUT2D eigenvalue weighted by Gasteiger charge is 2.25. The summed E-state index contributed by atoms with van der Waals surface area (Å²) in [6.45, 7) is 1.32. The van der Waals surface area contributed by atoms with Crippen LogP contribution < -0.4 is 5.32 Å². The summed E-state index contributed by atoms with van der Waals surface area (Å²) >= 11 is 0. The number of ether oxygens (including phenoxy) is 1. The predicted molar refractivity (Wildman–Crippen MR) is 120 cm³/mol. The zero-order valence-electron chi connectivity index (χ0n) is 17.3. The van der Waals surface area contributed by atoms with Crippen LogP contribution >= 0.6 is 0 Å². The Kier molecular flexibility index (Phi) is 5.18. The van der Waals surface area contributed by atoms with Crippen LogP contribution in [0.15, 0.2) is 54.9 Å². The molecule has 0 aliphatic carbocycles. The molecule has 5 rings (SSSR count). The van der Waals surface area contributed by atoms with Crippen molar-refractivity contribution >= 4 is 22.5 Å². The molecule has 1 N–H and O–H groups in total.